The summed E-state index contributed by atoms with van der Waals surface area (Å²) in [6.07, 6.45) is 0.195. The number of imide groups is 1. The number of rotatable bonds is 9. The van der Waals surface area contributed by atoms with Crippen molar-refractivity contribution in [3.63, 3.8) is 0 Å². The van der Waals surface area contributed by atoms with E-state index in [0.717, 1.165) is 10.5 Å². The Bertz CT molecular complexity index is 1330. The van der Waals surface area contributed by atoms with E-state index in [0.29, 0.717) is 23.6 Å². The quantitative estimate of drug-likeness (QED) is 0.248. The molecule has 4 rings (SSSR count). The first kappa shape index (κ1) is 25.4. The normalized spacial score (nSPS) is 15.0. The summed E-state index contributed by atoms with van der Waals surface area (Å²) in [4.78, 5) is 52.8. The number of benzene rings is 3. The lowest BCUT2D eigenvalue weighted by Crippen LogP contribution is -2.46. The molecular formula is C27H25N3O7. The monoisotopic (exact) mass is 503 g/mol. The number of nitrogens with zero attached hydrogens (tertiary/aromatic N) is 3. The molecule has 0 N–H and O–H groups in total. The minimum atomic E-state index is -1.02. The number of methoxy groups -OCH3 is 2. The van der Waals surface area contributed by atoms with Gasteiger partial charge in [0.1, 0.15) is 6.04 Å². The number of carbonyl (C=O) groups excluding carboxylic acids is 3. The molecular weight excluding hydrogens is 478 g/mol. The summed E-state index contributed by atoms with van der Waals surface area (Å²) >= 11 is 0. The smallest absolute Gasteiger partial charge is 0.269 e. The lowest BCUT2D eigenvalue weighted by molar-refractivity contribution is -0.384. The fourth-order valence-corrected chi connectivity index (χ4v) is 4.28. The van der Waals surface area contributed by atoms with Crippen molar-refractivity contribution in [1.29, 1.82) is 0 Å². The molecule has 10 heteroatoms. The van der Waals surface area contributed by atoms with E-state index in [2.05, 4.69) is 0 Å². The van der Waals surface area contributed by atoms with Gasteiger partial charge in [0.25, 0.3) is 17.5 Å². The molecule has 1 atom stereocenters. The van der Waals surface area contributed by atoms with Crippen LogP contribution in [0.1, 0.15) is 22.3 Å². The molecule has 1 fully saturated rings. The van der Waals surface area contributed by atoms with Crippen LogP contribution in [-0.4, -0.2) is 54.4 Å². The highest BCUT2D eigenvalue weighted by Gasteiger charge is 2.44. The third kappa shape index (κ3) is 5.27. The second kappa shape index (κ2) is 10.9. The van der Waals surface area contributed by atoms with Gasteiger partial charge in [0.05, 0.1) is 31.3 Å². The zero-order valence-corrected chi connectivity index (χ0v) is 20.3. The summed E-state index contributed by atoms with van der Waals surface area (Å²) in [5, 5.41) is 11.0. The average Bonchev–Trinajstić information content (AvgIpc) is 3.22. The molecule has 3 aromatic carbocycles. The van der Waals surface area contributed by atoms with Crippen molar-refractivity contribution in [2.75, 3.05) is 25.7 Å². The van der Waals surface area contributed by atoms with Crippen molar-refractivity contribution in [1.82, 2.24) is 4.90 Å². The Morgan fingerprint density at radius 2 is 1.68 bits per heavy atom. The van der Waals surface area contributed by atoms with E-state index in [1.807, 2.05) is 6.07 Å². The molecule has 1 aliphatic rings. The van der Waals surface area contributed by atoms with Crippen molar-refractivity contribution in [3.05, 3.63) is 94.0 Å². The van der Waals surface area contributed by atoms with Crippen LogP contribution in [0.5, 0.6) is 11.5 Å². The first-order valence-corrected chi connectivity index (χ1v) is 11.5. The number of para-hydroxylation sites is 1. The molecule has 0 radical (unpaired) electrons. The lowest BCUT2D eigenvalue weighted by atomic mass is 10.1. The van der Waals surface area contributed by atoms with E-state index >= 15 is 0 Å². The minimum Gasteiger partial charge on any atom is -0.493 e. The molecule has 37 heavy (non-hydrogen) atoms. The van der Waals surface area contributed by atoms with Gasteiger partial charge in [-0.2, -0.15) is 0 Å². The molecule has 0 spiro atoms. The van der Waals surface area contributed by atoms with Crippen LogP contribution in [0.3, 0.4) is 0 Å². The van der Waals surface area contributed by atoms with Gasteiger partial charge in [0.15, 0.2) is 11.5 Å². The van der Waals surface area contributed by atoms with Gasteiger partial charge in [-0.25, -0.2) is 4.90 Å². The standard InChI is InChI=1S/C27H25N3O7/c1-36-23-13-8-18(16-24(23)37-2)14-15-28(26(32)19-9-11-21(12-10-19)30(34)35)22-17-25(31)29(27(22)33)20-6-4-3-5-7-20/h3-13,16,22H,14-15,17H2,1-2H3. The molecule has 1 heterocycles. The van der Waals surface area contributed by atoms with Crippen LogP contribution in [0.2, 0.25) is 0 Å². The molecule has 1 saturated heterocycles. The maximum Gasteiger partial charge on any atom is 0.269 e. The van der Waals surface area contributed by atoms with Gasteiger partial charge in [-0.15, -0.1) is 0 Å². The van der Waals surface area contributed by atoms with Crippen molar-refractivity contribution in [2.45, 2.75) is 18.9 Å². The van der Waals surface area contributed by atoms with E-state index < -0.39 is 28.7 Å². The van der Waals surface area contributed by atoms with Crippen LogP contribution in [0.15, 0.2) is 72.8 Å². The van der Waals surface area contributed by atoms with Crippen molar-refractivity contribution >= 4 is 29.1 Å². The number of hydrogen-bond donors (Lipinski definition) is 0. The molecule has 1 unspecified atom stereocenters. The molecule has 0 aliphatic carbocycles. The van der Waals surface area contributed by atoms with Crippen LogP contribution < -0.4 is 14.4 Å². The van der Waals surface area contributed by atoms with Crippen molar-refractivity contribution in [2.24, 2.45) is 0 Å². The van der Waals surface area contributed by atoms with Crippen LogP contribution in [0, 0.1) is 10.1 Å². The second-order valence-corrected chi connectivity index (χ2v) is 8.36. The molecule has 0 saturated carbocycles. The van der Waals surface area contributed by atoms with Crippen LogP contribution >= 0.6 is 0 Å². The number of non-ortho nitro benzene ring substituents is 1. The molecule has 1 aliphatic heterocycles. The van der Waals surface area contributed by atoms with Gasteiger partial charge in [0, 0.05) is 24.2 Å². The number of anilines is 1. The molecule has 190 valence electrons. The Kier molecular flexibility index (Phi) is 7.47. The first-order valence-electron chi connectivity index (χ1n) is 11.5. The fraction of sp³-hybridized carbons (Fsp3) is 0.222. The second-order valence-electron chi connectivity index (χ2n) is 8.36. The zero-order valence-electron chi connectivity index (χ0n) is 20.3. The van der Waals surface area contributed by atoms with Gasteiger partial charge in [-0.1, -0.05) is 24.3 Å². The summed E-state index contributed by atoms with van der Waals surface area (Å²) in [5.41, 5.74) is 1.28. The Hall–Kier alpha value is -4.73. The van der Waals surface area contributed by atoms with E-state index in [9.17, 15) is 24.5 Å². The lowest BCUT2D eigenvalue weighted by Gasteiger charge is -2.28. The number of amides is 3. The van der Waals surface area contributed by atoms with Gasteiger partial charge >= 0.3 is 0 Å². The molecule has 0 aromatic heterocycles. The summed E-state index contributed by atoms with van der Waals surface area (Å²) in [6, 6.07) is 18.0. The summed E-state index contributed by atoms with van der Waals surface area (Å²) in [6.45, 7) is 0.123. The number of carbonyl (C=O) groups is 3. The number of hydrogen-bond acceptors (Lipinski definition) is 7. The van der Waals surface area contributed by atoms with Crippen LogP contribution in [0.4, 0.5) is 11.4 Å². The van der Waals surface area contributed by atoms with Gasteiger partial charge in [-0.05, 0) is 48.4 Å². The fourth-order valence-electron chi connectivity index (χ4n) is 4.28. The predicted octanol–water partition coefficient (Wildman–Crippen LogP) is 3.63. The summed E-state index contributed by atoms with van der Waals surface area (Å²) in [5.74, 6) is -0.334. The van der Waals surface area contributed by atoms with E-state index in [1.165, 1.54) is 43.4 Å². The number of nitro benzene ring substituents is 1. The Balaban J connectivity index is 1.64. The Morgan fingerprint density at radius 3 is 2.30 bits per heavy atom. The highest BCUT2D eigenvalue weighted by Crippen LogP contribution is 2.30. The molecule has 3 amide bonds. The van der Waals surface area contributed by atoms with Crippen LogP contribution in [-0.2, 0) is 16.0 Å². The topological polar surface area (TPSA) is 119 Å². The summed E-state index contributed by atoms with van der Waals surface area (Å²) in [7, 11) is 3.05. The van der Waals surface area contributed by atoms with E-state index in [-0.39, 0.29) is 24.2 Å². The van der Waals surface area contributed by atoms with Gasteiger partial charge < -0.3 is 14.4 Å². The largest absolute Gasteiger partial charge is 0.493 e. The molecule has 3 aromatic rings. The third-order valence-corrected chi connectivity index (χ3v) is 6.19. The third-order valence-electron chi connectivity index (χ3n) is 6.19. The molecule has 10 nitrogen and oxygen atoms in total. The zero-order chi connectivity index (χ0) is 26.5. The Labute approximate surface area is 213 Å². The van der Waals surface area contributed by atoms with Gasteiger partial charge in [-0.3, -0.25) is 24.5 Å². The maximum absolute atomic E-state index is 13.6. The SMILES string of the molecule is COc1ccc(CCN(C(=O)c2ccc([N+](=O)[O-])cc2)C2CC(=O)N(c3ccccc3)C2=O)cc1OC. The van der Waals surface area contributed by atoms with Crippen molar-refractivity contribution < 1.29 is 28.8 Å². The first-order chi connectivity index (χ1) is 17.8. The number of ether oxygens (including phenoxy) is 2. The highest BCUT2D eigenvalue weighted by molar-refractivity contribution is 6.23. The maximum atomic E-state index is 13.6. The highest BCUT2D eigenvalue weighted by atomic mass is 16.6. The van der Waals surface area contributed by atoms with Gasteiger partial charge in [0.2, 0.25) is 5.91 Å². The average molecular weight is 504 g/mol. The summed E-state index contributed by atoms with van der Waals surface area (Å²) < 4.78 is 10.6. The van der Waals surface area contributed by atoms with Crippen molar-refractivity contribution in [3.8, 4) is 11.5 Å². The van der Waals surface area contributed by atoms with E-state index in [1.54, 1.807) is 42.5 Å². The van der Waals surface area contributed by atoms with Crippen LogP contribution in [0.25, 0.3) is 0 Å². The minimum absolute atomic E-state index is 0.123. The predicted molar refractivity (Wildman–Crippen MR) is 135 cm³/mol. The number of nitro groups is 1. The molecule has 0 bridgehead atoms. The van der Waals surface area contributed by atoms with E-state index in [4.69, 9.17) is 9.47 Å². The Morgan fingerprint density at radius 1 is 1.00 bits per heavy atom.